The highest BCUT2D eigenvalue weighted by molar-refractivity contribution is 5.91. The van der Waals surface area contributed by atoms with Gasteiger partial charge >= 0.3 is 17.9 Å². The van der Waals surface area contributed by atoms with Crippen molar-refractivity contribution in [1.82, 2.24) is 0 Å². The Bertz CT molecular complexity index is 571. The molecule has 3 unspecified atom stereocenters. The summed E-state index contributed by atoms with van der Waals surface area (Å²) in [5.74, 6) is -3.14. The van der Waals surface area contributed by atoms with Crippen LogP contribution in [0.4, 0.5) is 0 Å². The van der Waals surface area contributed by atoms with Gasteiger partial charge in [0.25, 0.3) is 0 Å². The number of rotatable bonds is 12. The molecule has 1 saturated heterocycles. The highest BCUT2D eigenvalue weighted by atomic mass is 16.7. The normalized spacial score (nSPS) is 25.6. The average Bonchev–Trinajstić information content (AvgIpc) is 2.78. The van der Waals surface area contributed by atoms with Crippen LogP contribution in [0, 0.1) is 0 Å². The number of esters is 3. The summed E-state index contributed by atoms with van der Waals surface area (Å²) in [6.07, 6.45) is 0.744. The topological polar surface area (TPSA) is 129 Å². The third-order valence-corrected chi connectivity index (χ3v) is 5.65. The molecule has 0 spiro atoms. The predicted molar refractivity (Wildman–Crippen MR) is 106 cm³/mol. The molecule has 0 aromatic heterocycles. The molecular formula is C21H36O9. The lowest BCUT2D eigenvalue weighted by Gasteiger charge is -2.46. The third-order valence-electron chi connectivity index (χ3n) is 5.65. The van der Waals surface area contributed by atoms with Crippen molar-refractivity contribution in [1.29, 1.82) is 0 Å². The highest BCUT2D eigenvalue weighted by Crippen LogP contribution is 2.42. The molecule has 2 N–H and O–H groups in total. The summed E-state index contributed by atoms with van der Waals surface area (Å²) >= 11 is 0. The molecule has 0 aromatic carbocycles. The lowest BCUT2D eigenvalue weighted by molar-refractivity contribution is -0.233. The molecule has 3 atom stereocenters. The van der Waals surface area contributed by atoms with Gasteiger partial charge in [-0.1, -0.05) is 40.0 Å². The van der Waals surface area contributed by atoms with E-state index in [-0.39, 0.29) is 13.0 Å². The van der Waals surface area contributed by atoms with E-state index in [1.165, 1.54) is 0 Å². The first-order chi connectivity index (χ1) is 14.3. The summed E-state index contributed by atoms with van der Waals surface area (Å²) < 4.78 is 22.0. The second kappa shape index (κ2) is 12.2. The van der Waals surface area contributed by atoms with Crippen molar-refractivity contribution in [3.05, 3.63) is 0 Å². The molecule has 1 heterocycles. The van der Waals surface area contributed by atoms with E-state index in [4.69, 9.17) is 18.9 Å². The Kier molecular flexibility index (Phi) is 10.7. The van der Waals surface area contributed by atoms with Crippen LogP contribution in [0.5, 0.6) is 0 Å². The van der Waals surface area contributed by atoms with Gasteiger partial charge in [0.05, 0.1) is 13.2 Å². The van der Waals surface area contributed by atoms with E-state index in [9.17, 15) is 24.6 Å². The van der Waals surface area contributed by atoms with Crippen LogP contribution in [-0.4, -0.2) is 71.4 Å². The van der Waals surface area contributed by atoms with Crippen LogP contribution in [0.1, 0.15) is 72.6 Å². The lowest BCUT2D eigenvalue weighted by atomic mass is 9.74. The smallest absolute Gasteiger partial charge is 0.354 e. The molecule has 1 rings (SSSR count). The molecule has 9 heteroatoms. The number of aliphatic hydroxyl groups excluding tert-OH is 2. The second-order valence-corrected chi connectivity index (χ2v) is 7.38. The van der Waals surface area contributed by atoms with Crippen molar-refractivity contribution < 1.29 is 43.5 Å². The molecule has 0 amide bonds. The number of ether oxygens (including phenoxy) is 4. The first kappa shape index (κ1) is 26.3. The van der Waals surface area contributed by atoms with Crippen LogP contribution in [0.3, 0.4) is 0 Å². The summed E-state index contributed by atoms with van der Waals surface area (Å²) in [4.78, 5) is 38.5. The molecule has 0 radical (unpaired) electrons. The van der Waals surface area contributed by atoms with Gasteiger partial charge in [0, 0.05) is 13.0 Å². The Labute approximate surface area is 178 Å². The fraction of sp³-hybridized carbons (Fsp3) is 0.857. The van der Waals surface area contributed by atoms with E-state index in [0.717, 1.165) is 19.3 Å². The molecule has 0 saturated carbocycles. The molecule has 1 aliphatic heterocycles. The Hall–Kier alpha value is -1.71. The molecular weight excluding hydrogens is 396 g/mol. The monoisotopic (exact) mass is 432 g/mol. The fourth-order valence-corrected chi connectivity index (χ4v) is 3.92. The maximum Gasteiger partial charge on any atom is 0.354 e. The minimum Gasteiger partial charge on any atom is -0.445 e. The van der Waals surface area contributed by atoms with Gasteiger partial charge in [-0.05, 0) is 26.2 Å². The van der Waals surface area contributed by atoms with Crippen LogP contribution < -0.4 is 0 Å². The zero-order valence-electron chi connectivity index (χ0n) is 18.5. The molecule has 0 aromatic rings. The number of cyclic esters (lactones) is 3. The zero-order valence-corrected chi connectivity index (χ0v) is 18.5. The molecule has 9 nitrogen and oxygen atoms in total. The predicted octanol–water partition coefficient (Wildman–Crippen LogP) is 1.66. The number of carbonyl (C=O) groups excluding carboxylic acids is 3. The number of hydrogen-bond acceptors (Lipinski definition) is 9. The van der Waals surface area contributed by atoms with Crippen molar-refractivity contribution in [3.8, 4) is 0 Å². The fourth-order valence-electron chi connectivity index (χ4n) is 3.92. The van der Waals surface area contributed by atoms with Crippen LogP contribution >= 0.6 is 0 Å². The molecule has 0 aliphatic carbocycles. The van der Waals surface area contributed by atoms with Crippen molar-refractivity contribution >= 4 is 17.9 Å². The maximum atomic E-state index is 13.4. The third kappa shape index (κ3) is 5.50. The average molecular weight is 433 g/mol. The second-order valence-electron chi connectivity index (χ2n) is 7.38. The quantitative estimate of drug-likeness (QED) is 0.269. The maximum absolute atomic E-state index is 13.4. The van der Waals surface area contributed by atoms with Gasteiger partial charge in [0.15, 0.2) is 0 Å². The van der Waals surface area contributed by atoms with Gasteiger partial charge < -0.3 is 29.2 Å². The SMILES string of the molecule is CCCCCCC1(C(CC)(CC)OCC)OC(=O)C(CO)OC(=O)C(CO)OC1=O. The molecule has 1 aliphatic rings. The van der Waals surface area contributed by atoms with Gasteiger partial charge in [-0.25, -0.2) is 14.4 Å². The number of aliphatic hydroxyl groups is 2. The Balaban J connectivity index is 3.58. The molecule has 174 valence electrons. The summed E-state index contributed by atoms with van der Waals surface area (Å²) in [6, 6.07) is 0. The standard InChI is InChI=1S/C21H36O9/c1-5-9-10-11-12-21(20(6-2,7-3)27-8-4)19(26)29-15(13-22)17(24)28-16(14-23)18(25)30-21/h15-16,22-23H,5-14H2,1-4H3. The van der Waals surface area contributed by atoms with E-state index in [0.29, 0.717) is 19.3 Å². The number of carbonyl (C=O) groups is 3. The van der Waals surface area contributed by atoms with Crippen LogP contribution in [-0.2, 0) is 33.3 Å². The summed E-state index contributed by atoms with van der Waals surface area (Å²) in [5, 5.41) is 19.1. The van der Waals surface area contributed by atoms with Gasteiger partial charge in [0.2, 0.25) is 17.8 Å². The molecule has 1 fully saturated rings. The van der Waals surface area contributed by atoms with Crippen molar-refractivity contribution in [2.45, 2.75) is 96.1 Å². The number of hydrogen-bond donors (Lipinski definition) is 2. The Morgan fingerprint density at radius 3 is 2.00 bits per heavy atom. The summed E-state index contributed by atoms with van der Waals surface area (Å²) in [6.45, 7) is 6.04. The molecule has 0 bridgehead atoms. The van der Waals surface area contributed by atoms with Gasteiger partial charge in [0.1, 0.15) is 5.60 Å². The zero-order chi connectivity index (χ0) is 22.8. The minimum atomic E-state index is -1.86. The Morgan fingerprint density at radius 1 is 0.900 bits per heavy atom. The Morgan fingerprint density at radius 2 is 1.50 bits per heavy atom. The summed E-state index contributed by atoms with van der Waals surface area (Å²) in [5.41, 5.74) is -3.07. The lowest BCUT2D eigenvalue weighted by Crippen LogP contribution is -2.64. The van der Waals surface area contributed by atoms with Crippen LogP contribution in [0.2, 0.25) is 0 Å². The largest absolute Gasteiger partial charge is 0.445 e. The van der Waals surface area contributed by atoms with Gasteiger partial charge in [-0.15, -0.1) is 0 Å². The molecule has 30 heavy (non-hydrogen) atoms. The van der Waals surface area contributed by atoms with E-state index in [1.807, 2.05) is 20.8 Å². The van der Waals surface area contributed by atoms with E-state index in [1.54, 1.807) is 6.92 Å². The van der Waals surface area contributed by atoms with Gasteiger partial charge in [-0.3, -0.25) is 0 Å². The number of unbranched alkanes of at least 4 members (excludes halogenated alkanes) is 3. The first-order valence-electron chi connectivity index (χ1n) is 10.8. The van der Waals surface area contributed by atoms with Crippen molar-refractivity contribution in [2.75, 3.05) is 19.8 Å². The van der Waals surface area contributed by atoms with E-state index < -0.39 is 54.5 Å². The van der Waals surface area contributed by atoms with Crippen molar-refractivity contribution in [3.63, 3.8) is 0 Å². The van der Waals surface area contributed by atoms with Crippen LogP contribution in [0.25, 0.3) is 0 Å². The van der Waals surface area contributed by atoms with Crippen molar-refractivity contribution in [2.24, 2.45) is 0 Å². The minimum absolute atomic E-state index is 0.115. The summed E-state index contributed by atoms with van der Waals surface area (Å²) in [7, 11) is 0. The van der Waals surface area contributed by atoms with E-state index in [2.05, 4.69) is 0 Å². The highest BCUT2D eigenvalue weighted by Gasteiger charge is 2.61. The first-order valence-corrected chi connectivity index (χ1v) is 10.8. The van der Waals surface area contributed by atoms with Gasteiger partial charge in [-0.2, -0.15) is 0 Å². The van der Waals surface area contributed by atoms with E-state index >= 15 is 0 Å². The van der Waals surface area contributed by atoms with Crippen LogP contribution in [0.15, 0.2) is 0 Å².